The van der Waals surface area contributed by atoms with E-state index in [0.29, 0.717) is 5.41 Å². The molecule has 1 saturated carbocycles. The third-order valence-corrected chi connectivity index (χ3v) is 2.32. The van der Waals surface area contributed by atoms with Crippen LogP contribution in [0.15, 0.2) is 0 Å². The van der Waals surface area contributed by atoms with Crippen molar-refractivity contribution in [2.45, 2.75) is 26.7 Å². The summed E-state index contributed by atoms with van der Waals surface area (Å²) in [6, 6.07) is 0. The molecule has 0 heterocycles. The maximum atomic E-state index is 4.81. The summed E-state index contributed by atoms with van der Waals surface area (Å²) in [6.07, 6.45) is 2.55. The van der Waals surface area contributed by atoms with Crippen molar-refractivity contribution in [1.82, 2.24) is 0 Å². The van der Waals surface area contributed by atoms with Crippen molar-refractivity contribution in [1.29, 1.82) is 0 Å². The van der Waals surface area contributed by atoms with Gasteiger partial charge in [0.1, 0.15) is 0 Å². The third kappa shape index (κ3) is 0.795. The maximum Gasteiger partial charge on any atom is 0.0142 e. The van der Waals surface area contributed by atoms with E-state index in [2.05, 4.69) is 13.8 Å². The van der Waals surface area contributed by atoms with Crippen LogP contribution in [0.3, 0.4) is 0 Å². The summed E-state index contributed by atoms with van der Waals surface area (Å²) in [5.41, 5.74) is 0.446. The van der Waals surface area contributed by atoms with Gasteiger partial charge in [0.25, 0.3) is 0 Å². The molecule has 0 aromatic rings. The van der Waals surface area contributed by atoms with Gasteiger partial charge in [-0.15, -0.1) is 0 Å². The van der Waals surface area contributed by atoms with Crippen LogP contribution < -0.4 is 0 Å². The van der Waals surface area contributed by atoms with E-state index in [9.17, 15) is 0 Å². The average Bonchev–Trinajstić information content (AvgIpc) is 1.66. The lowest BCUT2D eigenvalue weighted by molar-refractivity contribution is 0.270. The molecule has 0 aliphatic heterocycles. The Kier molecular flexibility index (Phi) is 1.40. The summed E-state index contributed by atoms with van der Waals surface area (Å²) in [7, 11) is 0. The first kappa shape index (κ1) is 6.21. The normalized spacial score (nSPS) is 26.8. The fourth-order valence-corrected chi connectivity index (χ4v) is 1.42. The van der Waals surface area contributed by atoms with Gasteiger partial charge in [0, 0.05) is 5.92 Å². The Balaban J connectivity index is 2.49. The van der Waals surface area contributed by atoms with Crippen molar-refractivity contribution < 1.29 is 0 Å². The number of hydrogen-bond acceptors (Lipinski definition) is 1. The first-order valence-electron chi connectivity index (χ1n) is 2.98. The van der Waals surface area contributed by atoms with Gasteiger partial charge in [-0.3, -0.25) is 0 Å². The van der Waals surface area contributed by atoms with Crippen LogP contribution in [0, 0.1) is 11.3 Å². The summed E-state index contributed by atoms with van der Waals surface area (Å²) in [5.74, 6) is 1.45. The molecule has 1 heteroatoms. The van der Waals surface area contributed by atoms with Crippen LogP contribution in [0.5, 0.6) is 0 Å². The molecule has 45 valence electrons. The summed E-state index contributed by atoms with van der Waals surface area (Å²) in [4.78, 5) is 0. The molecule has 0 unspecified atom stereocenters. The minimum Gasteiger partial charge on any atom is -0.0928 e. The Morgan fingerprint density at radius 3 is 2.25 bits per heavy atom. The second-order valence-electron chi connectivity index (χ2n) is 3.03. The first-order chi connectivity index (χ1) is 3.67. The second-order valence-corrected chi connectivity index (χ2v) is 3.26. The smallest absolute Gasteiger partial charge is 0.0142 e. The average molecular weight is 127 g/mol. The Bertz CT molecular complexity index is 105. The highest BCUT2D eigenvalue weighted by atomic mass is 32.1. The molecule has 0 spiro atoms. The Morgan fingerprint density at radius 2 is 2.25 bits per heavy atom. The molecule has 1 aliphatic rings. The zero-order valence-corrected chi connectivity index (χ0v) is 6.22. The molecule has 1 rings (SSSR count). The highest BCUT2D eigenvalue weighted by Crippen LogP contribution is 2.46. The lowest BCUT2D eigenvalue weighted by Gasteiger charge is -2.41. The fraction of sp³-hybridized carbons (Fsp3) is 0.714. The van der Waals surface area contributed by atoms with E-state index in [-0.39, 0.29) is 0 Å². The van der Waals surface area contributed by atoms with Crippen molar-refractivity contribution in [2.24, 2.45) is 5.41 Å². The van der Waals surface area contributed by atoms with Crippen LogP contribution in [0.2, 0.25) is 0 Å². The monoisotopic (exact) mass is 127 g/mol. The van der Waals surface area contributed by atoms with Crippen molar-refractivity contribution >= 4 is 17.6 Å². The lowest BCUT2D eigenvalue weighted by atomic mass is 9.64. The van der Waals surface area contributed by atoms with Crippen molar-refractivity contribution in [3.05, 3.63) is 5.92 Å². The van der Waals surface area contributed by atoms with Crippen LogP contribution in [0.1, 0.15) is 26.7 Å². The molecule has 0 aromatic carbocycles. The van der Waals surface area contributed by atoms with E-state index in [1.54, 1.807) is 0 Å². The van der Waals surface area contributed by atoms with Gasteiger partial charge in [-0.05, 0) is 23.6 Å². The Morgan fingerprint density at radius 1 is 1.62 bits per heavy atom. The van der Waals surface area contributed by atoms with Gasteiger partial charge in [0.2, 0.25) is 0 Å². The van der Waals surface area contributed by atoms with Crippen molar-refractivity contribution in [3.63, 3.8) is 0 Å². The third-order valence-electron chi connectivity index (χ3n) is 2.03. The van der Waals surface area contributed by atoms with Crippen LogP contribution in [0.4, 0.5) is 0 Å². The summed E-state index contributed by atoms with van der Waals surface area (Å²) >= 11 is 4.81. The van der Waals surface area contributed by atoms with Gasteiger partial charge >= 0.3 is 0 Å². The number of thiocarbonyl (C=S) groups is 1. The fourth-order valence-electron chi connectivity index (χ4n) is 0.988. The Labute approximate surface area is 56.3 Å². The molecule has 8 heavy (non-hydrogen) atoms. The van der Waals surface area contributed by atoms with Gasteiger partial charge in [0.05, 0.1) is 0 Å². The van der Waals surface area contributed by atoms with E-state index < -0.39 is 0 Å². The predicted molar refractivity (Wildman–Crippen MR) is 39.9 cm³/mol. The van der Waals surface area contributed by atoms with E-state index in [1.807, 2.05) is 5.37 Å². The van der Waals surface area contributed by atoms with Crippen LogP contribution >= 0.6 is 12.2 Å². The van der Waals surface area contributed by atoms with E-state index >= 15 is 0 Å². The number of rotatable bonds is 1. The molecule has 0 saturated heterocycles. The summed E-state index contributed by atoms with van der Waals surface area (Å²) < 4.78 is 0. The highest BCUT2D eigenvalue weighted by molar-refractivity contribution is 7.79. The summed E-state index contributed by atoms with van der Waals surface area (Å²) in [6.45, 7) is 4.49. The van der Waals surface area contributed by atoms with Crippen LogP contribution in [0.25, 0.3) is 0 Å². The van der Waals surface area contributed by atoms with Crippen LogP contribution in [-0.2, 0) is 0 Å². The first-order valence-corrected chi connectivity index (χ1v) is 3.45. The van der Waals surface area contributed by atoms with Crippen molar-refractivity contribution in [2.75, 3.05) is 0 Å². The van der Waals surface area contributed by atoms with Gasteiger partial charge < -0.3 is 0 Å². The predicted octanol–water partition coefficient (Wildman–Crippen LogP) is 2.38. The molecule has 0 nitrogen and oxygen atoms in total. The quantitative estimate of drug-likeness (QED) is 0.487. The summed E-state index contributed by atoms with van der Waals surface area (Å²) in [5, 5.41) is 1.84. The lowest BCUT2D eigenvalue weighted by Crippen LogP contribution is -2.32. The molecule has 1 aliphatic carbocycles. The maximum absolute atomic E-state index is 4.81. The molecule has 0 amide bonds. The van der Waals surface area contributed by atoms with Crippen molar-refractivity contribution in [3.8, 4) is 0 Å². The van der Waals surface area contributed by atoms with Gasteiger partial charge in [-0.25, -0.2) is 0 Å². The molecule has 0 N–H and O–H groups in total. The highest BCUT2D eigenvalue weighted by Gasteiger charge is 2.36. The molecule has 1 radical (unpaired) electrons. The zero-order valence-electron chi connectivity index (χ0n) is 5.40. The van der Waals surface area contributed by atoms with E-state index in [0.717, 1.165) is 0 Å². The van der Waals surface area contributed by atoms with Gasteiger partial charge in [0.15, 0.2) is 0 Å². The standard InChI is InChI=1S/C7H11S/c1-7(2)4-3-6(7)5-8/h5H,3-4H2,1-2H3. The molecule has 0 atom stereocenters. The molecular weight excluding hydrogens is 116 g/mol. The van der Waals surface area contributed by atoms with E-state index in [1.165, 1.54) is 18.8 Å². The molecule has 0 bridgehead atoms. The molecule has 1 fully saturated rings. The molecule has 0 aromatic heterocycles. The van der Waals surface area contributed by atoms with Gasteiger partial charge in [-0.2, -0.15) is 0 Å². The van der Waals surface area contributed by atoms with E-state index in [4.69, 9.17) is 12.2 Å². The van der Waals surface area contributed by atoms with Gasteiger partial charge in [-0.1, -0.05) is 26.1 Å². The SMILES string of the molecule is CC1(C)CC[C]1C=S. The number of hydrogen-bond donors (Lipinski definition) is 0. The second kappa shape index (κ2) is 1.80. The largest absolute Gasteiger partial charge is 0.0928 e. The Hall–Kier alpha value is 0.0900. The molecular formula is C7H11S. The minimum absolute atomic E-state index is 0.446. The minimum atomic E-state index is 0.446. The zero-order chi connectivity index (χ0) is 6.20. The van der Waals surface area contributed by atoms with Crippen LogP contribution in [-0.4, -0.2) is 5.37 Å². The topological polar surface area (TPSA) is 0 Å².